The highest BCUT2D eigenvalue weighted by molar-refractivity contribution is 7.99. The molecule has 0 aliphatic carbocycles. The molecule has 0 aromatic carbocycles. The van der Waals surface area contributed by atoms with E-state index in [4.69, 9.17) is 4.74 Å². The number of methoxy groups -OCH3 is 2. The van der Waals surface area contributed by atoms with Crippen LogP contribution in [0, 0.1) is 5.92 Å². The van der Waals surface area contributed by atoms with Crippen LogP contribution in [0.2, 0.25) is 0 Å². The summed E-state index contributed by atoms with van der Waals surface area (Å²) in [5, 5.41) is 0. The minimum Gasteiger partial charge on any atom is -0.469 e. The van der Waals surface area contributed by atoms with Gasteiger partial charge in [-0.1, -0.05) is 6.92 Å². The van der Waals surface area contributed by atoms with Gasteiger partial charge in [-0.2, -0.15) is 11.8 Å². The summed E-state index contributed by atoms with van der Waals surface area (Å²) in [5.74, 6) is 1.57. The largest absolute Gasteiger partial charge is 0.469 e. The Hall–Kier alpha value is -0.220. The summed E-state index contributed by atoms with van der Waals surface area (Å²) in [4.78, 5) is 10.9. The molecule has 0 radical (unpaired) electrons. The third-order valence-electron chi connectivity index (χ3n) is 1.40. The van der Waals surface area contributed by atoms with Gasteiger partial charge in [0.25, 0.3) is 0 Å². The quantitative estimate of drug-likeness (QED) is 0.467. The lowest BCUT2D eigenvalue weighted by Gasteiger charge is -2.07. The molecule has 0 aliphatic rings. The number of ether oxygens (including phenoxy) is 2. The Labute approximate surface area is 77.8 Å². The molecule has 0 N–H and O–H groups in total. The fraction of sp³-hybridized carbons (Fsp3) is 0.875. The Bertz CT molecular complexity index is 127. The van der Waals surface area contributed by atoms with E-state index < -0.39 is 0 Å². The van der Waals surface area contributed by atoms with Crippen molar-refractivity contribution in [2.45, 2.75) is 6.92 Å². The van der Waals surface area contributed by atoms with Crippen LogP contribution in [0.15, 0.2) is 0 Å². The van der Waals surface area contributed by atoms with Gasteiger partial charge in [-0.05, 0) is 0 Å². The first-order chi connectivity index (χ1) is 5.72. The molecule has 0 amide bonds. The van der Waals surface area contributed by atoms with E-state index in [9.17, 15) is 4.79 Å². The smallest absolute Gasteiger partial charge is 0.309 e. The molecule has 0 aromatic rings. The van der Waals surface area contributed by atoms with Gasteiger partial charge in [0.1, 0.15) is 0 Å². The second kappa shape index (κ2) is 7.43. The van der Waals surface area contributed by atoms with Gasteiger partial charge in [-0.25, -0.2) is 0 Å². The van der Waals surface area contributed by atoms with Crippen LogP contribution in [0.1, 0.15) is 6.92 Å². The Morgan fingerprint density at radius 1 is 1.50 bits per heavy atom. The van der Waals surface area contributed by atoms with Crippen LogP contribution >= 0.6 is 11.8 Å². The van der Waals surface area contributed by atoms with Gasteiger partial charge < -0.3 is 9.47 Å². The molecule has 1 atom stereocenters. The molecule has 0 heterocycles. The van der Waals surface area contributed by atoms with Gasteiger partial charge in [0.05, 0.1) is 19.6 Å². The van der Waals surface area contributed by atoms with Crippen molar-refractivity contribution in [1.82, 2.24) is 0 Å². The summed E-state index contributed by atoms with van der Waals surface area (Å²) >= 11 is 1.70. The number of carbonyl (C=O) groups excluding carboxylic acids is 1. The van der Waals surface area contributed by atoms with Crippen molar-refractivity contribution in [3.05, 3.63) is 0 Å². The van der Waals surface area contributed by atoms with E-state index in [1.54, 1.807) is 18.9 Å². The van der Waals surface area contributed by atoms with E-state index >= 15 is 0 Å². The molecular weight excluding hydrogens is 176 g/mol. The molecule has 4 heteroatoms. The molecular formula is C8H16O3S. The molecule has 0 rings (SSSR count). The Morgan fingerprint density at radius 2 is 2.17 bits per heavy atom. The highest BCUT2D eigenvalue weighted by atomic mass is 32.2. The lowest BCUT2D eigenvalue weighted by molar-refractivity contribution is -0.143. The second-order valence-corrected chi connectivity index (χ2v) is 3.64. The van der Waals surface area contributed by atoms with Crippen molar-refractivity contribution in [3.8, 4) is 0 Å². The minimum absolute atomic E-state index is 0.0168. The van der Waals surface area contributed by atoms with Crippen molar-refractivity contribution in [1.29, 1.82) is 0 Å². The molecule has 0 spiro atoms. The molecule has 0 bridgehead atoms. The minimum atomic E-state index is -0.139. The monoisotopic (exact) mass is 192 g/mol. The Kier molecular flexibility index (Phi) is 7.29. The van der Waals surface area contributed by atoms with Crippen molar-refractivity contribution in [2.24, 2.45) is 5.92 Å². The SMILES string of the molecule is COCCSCC(C)C(=O)OC. The molecule has 3 nitrogen and oxygen atoms in total. The van der Waals surface area contributed by atoms with Gasteiger partial charge in [0.2, 0.25) is 0 Å². The maximum absolute atomic E-state index is 10.9. The lowest BCUT2D eigenvalue weighted by atomic mass is 10.2. The van der Waals surface area contributed by atoms with Crippen molar-refractivity contribution < 1.29 is 14.3 Å². The van der Waals surface area contributed by atoms with Crippen LogP contribution in [-0.2, 0) is 14.3 Å². The predicted octanol–water partition coefficient (Wildman–Crippen LogP) is 1.18. The van der Waals surface area contributed by atoms with Gasteiger partial charge in [-0.3, -0.25) is 4.79 Å². The zero-order valence-electron chi connectivity index (χ0n) is 7.83. The van der Waals surface area contributed by atoms with E-state index in [2.05, 4.69) is 4.74 Å². The van der Waals surface area contributed by atoms with Crippen LogP contribution in [0.3, 0.4) is 0 Å². The summed E-state index contributed by atoms with van der Waals surface area (Å²) in [5.41, 5.74) is 0. The van der Waals surface area contributed by atoms with E-state index in [1.165, 1.54) is 7.11 Å². The van der Waals surface area contributed by atoms with Gasteiger partial charge in [0, 0.05) is 18.6 Å². The van der Waals surface area contributed by atoms with E-state index in [-0.39, 0.29) is 11.9 Å². The van der Waals surface area contributed by atoms with Gasteiger partial charge >= 0.3 is 5.97 Å². The highest BCUT2D eigenvalue weighted by Gasteiger charge is 2.11. The third kappa shape index (κ3) is 5.43. The first-order valence-corrected chi connectivity index (χ1v) is 5.02. The fourth-order valence-electron chi connectivity index (χ4n) is 0.672. The lowest BCUT2D eigenvalue weighted by Crippen LogP contribution is -2.15. The van der Waals surface area contributed by atoms with Crippen molar-refractivity contribution >= 4 is 17.7 Å². The zero-order chi connectivity index (χ0) is 9.40. The Balaban J connectivity index is 3.31. The number of rotatable bonds is 6. The maximum Gasteiger partial charge on any atom is 0.309 e. The topological polar surface area (TPSA) is 35.5 Å². The molecule has 0 saturated carbocycles. The van der Waals surface area contributed by atoms with Crippen LogP contribution in [0.5, 0.6) is 0 Å². The van der Waals surface area contributed by atoms with E-state index in [0.717, 1.165) is 18.1 Å². The zero-order valence-corrected chi connectivity index (χ0v) is 8.65. The molecule has 12 heavy (non-hydrogen) atoms. The fourth-order valence-corrected chi connectivity index (χ4v) is 1.61. The number of esters is 1. The van der Waals surface area contributed by atoms with Crippen LogP contribution in [0.25, 0.3) is 0 Å². The Morgan fingerprint density at radius 3 is 2.67 bits per heavy atom. The summed E-state index contributed by atoms with van der Waals surface area (Å²) in [7, 11) is 3.09. The molecule has 1 unspecified atom stereocenters. The normalized spacial score (nSPS) is 12.6. The first kappa shape index (κ1) is 11.8. The number of hydrogen-bond donors (Lipinski definition) is 0. The van der Waals surface area contributed by atoms with Crippen LogP contribution < -0.4 is 0 Å². The number of hydrogen-bond acceptors (Lipinski definition) is 4. The summed E-state index contributed by atoms with van der Waals surface area (Å²) < 4.78 is 9.46. The van der Waals surface area contributed by atoms with Gasteiger partial charge in [0.15, 0.2) is 0 Å². The number of carbonyl (C=O) groups is 1. The standard InChI is InChI=1S/C8H16O3S/c1-7(8(9)11-3)6-12-5-4-10-2/h7H,4-6H2,1-3H3. The number of thioether (sulfide) groups is 1. The molecule has 0 fully saturated rings. The summed E-state index contributed by atoms with van der Waals surface area (Å²) in [6.07, 6.45) is 0. The van der Waals surface area contributed by atoms with Gasteiger partial charge in [-0.15, -0.1) is 0 Å². The maximum atomic E-state index is 10.9. The predicted molar refractivity (Wildman–Crippen MR) is 50.4 cm³/mol. The molecule has 0 aromatic heterocycles. The van der Waals surface area contributed by atoms with Crippen LogP contribution in [0.4, 0.5) is 0 Å². The second-order valence-electron chi connectivity index (χ2n) is 2.49. The average Bonchev–Trinajstić information content (AvgIpc) is 2.10. The summed E-state index contributed by atoms with van der Waals surface area (Å²) in [6.45, 7) is 2.60. The third-order valence-corrected chi connectivity index (χ3v) is 2.59. The van der Waals surface area contributed by atoms with Crippen molar-refractivity contribution in [2.75, 3.05) is 32.3 Å². The highest BCUT2D eigenvalue weighted by Crippen LogP contribution is 2.08. The molecule has 72 valence electrons. The van der Waals surface area contributed by atoms with Crippen molar-refractivity contribution in [3.63, 3.8) is 0 Å². The first-order valence-electron chi connectivity index (χ1n) is 3.87. The van der Waals surface area contributed by atoms with E-state index in [0.29, 0.717) is 0 Å². The average molecular weight is 192 g/mol. The van der Waals surface area contributed by atoms with E-state index in [1.807, 2.05) is 6.92 Å². The summed E-state index contributed by atoms with van der Waals surface area (Å²) in [6, 6.07) is 0. The molecule has 0 aliphatic heterocycles. The molecule has 0 saturated heterocycles. The van der Waals surface area contributed by atoms with Crippen LogP contribution in [-0.4, -0.2) is 38.3 Å².